The summed E-state index contributed by atoms with van der Waals surface area (Å²) in [7, 11) is 1.40. The van der Waals surface area contributed by atoms with Crippen molar-refractivity contribution in [3.05, 3.63) is 71.8 Å². The Labute approximate surface area is 135 Å². The van der Waals surface area contributed by atoms with Crippen molar-refractivity contribution in [1.82, 2.24) is 0 Å². The Bertz CT molecular complexity index is 532. The molecule has 5 heteroatoms. The molecule has 21 heavy (non-hydrogen) atoms. The van der Waals surface area contributed by atoms with Crippen molar-refractivity contribution in [2.24, 2.45) is 0 Å². The zero-order valence-corrected chi connectivity index (χ0v) is 11.1. The third-order valence-corrected chi connectivity index (χ3v) is 3.35. The van der Waals surface area contributed by atoms with Crippen LogP contribution in [0.1, 0.15) is 11.1 Å². The van der Waals surface area contributed by atoms with E-state index in [-0.39, 0.29) is 18.9 Å². The monoisotopic (exact) mass is 280 g/mol. The van der Waals surface area contributed by atoms with Crippen LogP contribution in [-0.2, 0) is 15.1 Å². The van der Waals surface area contributed by atoms with Gasteiger partial charge in [0.25, 0.3) is 0 Å². The number of carboxylic acids is 1. The van der Waals surface area contributed by atoms with Gasteiger partial charge in [0, 0.05) is 7.11 Å². The first-order valence-electron chi connectivity index (χ1n) is 6.20. The molecule has 0 spiro atoms. The van der Waals surface area contributed by atoms with E-state index >= 15 is 0 Å². The molecule has 0 aliphatic heterocycles. The molecule has 0 aliphatic rings. The zero-order valence-electron chi connectivity index (χ0n) is 11.1. The van der Waals surface area contributed by atoms with Gasteiger partial charge in [-0.1, -0.05) is 60.7 Å². The summed E-state index contributed by atoms with van der Waals surface area (Å²) >= 11 is 0. The van der Waals surface area contributed by atoms with Gasteiger partial charge in [-0.2, -0.15) is 0 Å². The number of aliphatic hydroxyl groups excluding tert-OH is 1. The SMILES string of the molecule is COC(c1ccccc1)(c1ccccc1)C(O)C(=O)O.[LiH]. The van der Waals surface area contributed by atoms with Gasteiger partial charge in [0.15, 0.2) is 11.7 Å². The van der Waals surface area contributed by atoms with Crippen LogP contribution in [0.5, 0.6) is 0 Å². The van der Waals surface area contributed by atoms with Crippen molar-refractivity contribution in [1.29, 1.82) is 0 Å². The van der Waals surface area contributed by atoms with Crippen molar-refractivity contribution in [3.63, 3.8) is 0 Å². The molecule has 0 heterocycles. The molecule has 0 fully saturated rings. The van der Waals surface area contributed by atoms with E-state index in [1.54, 1.807) is 48.5 Å². The zero-order chi connectivity index (χ0) is 14.6. The minimum atomic E-state index is -1.71. The number of hydrogen-bond acceptors (Lipinski definition) is 3. The third kappa shape index (κ3) is 3.20. The molecule has 0 bridgehead atoms. The van der Waals surface area contributed by atoms with E-state index in [1.165, 1.54) is 7.11 Å². The van der Waals surface area contributed by atoms with Crippen LogP contribution in [0.3, 0.4) is 0 Å². The van der Waals surface area contributed by atoms with Crippen molar-refractivity contribution >= 4 is 24.8 Å². The average Bonchev–Trinajstić information content (AvgIpc) is 2.50. The van der Waals surface area contributed by atoms with Gasteiger partial charge in [-0.3, -0.25) is 0 Å². The van der Waals surface area contributed by atoms with Crippen LogP contribution < -0.4 is 0 Å². The molecule has 0 amide bonds. The topological polar surface area (TPSA) is 66.8 Å². The van der Waals surface area contributed by atoms with Crippen LogP contribution in [0, 0.1) is 0 Å². The Morgan fingerprint density at radius 2 is 1.38 bits per heavy atom. The van der Waals surface area contributed by atoms with Crippen molar-refractivity contribution in [3.8, 4) is 0 Å². The average molecular weight is 280 g/mol. The van der Waals surface area contributed by atoms with Crippen molar-refractivity contribution in [2.75, 3.05) is 7.11 Å². The van der Waals surface area contributed by atoms with Gasteiger partial charge in [-0.05, 0) is 11.1 Å². The van der Waals surface area contributed by atoms with E-state index < -0.39 is 17.7 Å². The second kappa shape index (κ2) is 7.44. The number of ether oxygens (including phenoxy) is 1. The molecule has 2 aromatic carbocycles. The molecule has 2 N–H and O–H groups in total. The number of carbonyl (C=O) groups is 1. The Morgan fingerprint density at radius 1 is 1.00 bits per heavy atom. The van der Waals surface area contributed by atoms with E-state index in [2.05, 4.69) is 0 Å². The molecule has 1 atom stereocenters. The fraction of sp³-hybridized carbons (Fsp3) is 0.188. The second-order valence-corrected chi connectivity index (χ2v) is 4.41. The molecule has 2 rings (SSSR count). The number of hydrogen-bond donors (Lipinski definition) is 2. The van der Waals surface area contributed by atoms with Gasteiger partial charge < -0.3 is 14.9 Å². The third-order valence-electron chi connectivity index (χ3n) is 3.35. The van der Waals surface area contributed by atoms with Gasteiger partial charge in [0.1, 0.15) is 0 Å². The van der Waals surface area contributed by atoms with Gasteiger partial charge in [-0.15, -0.1) is 0 Å². The maximum absolute atomic E-state index is 11.3. The Balaban J connectivity index is 0.00000220. The predicted octanol–water partition coefficient (Wildman–Crippen LogP) is 1.37. The molecule has 0 aliphatic carbocycles. The van der Waals surface area contributed by atoms with Gasteiger partial charge in [0.2, 0.25) is 0 Å². The summed E-state index contributed by atoms with van der Waals surface area (Å²) in [5, 5.41) is 19.5. The molecule has 2 aromatic rings. The number of rotatable bonds is 5. The van der Waals surface area contributed by atoms with Crippen LogP contribution in [0.4, 0.5) is 0 Å². The second-order valence-electron chi connectivity index (χ2n) is 4.41. The molecule has 0 saturated heterocycles. The van der Waals surface area contributed by atoms with Crippen LogP contribution in [0.2, 0.25) is 0 Å². The molecule has 0 aromatic heterocycles. The van der Waals surface area contributed by atoms with Gasteiger partial charge in [0.05, 0.1) is 0 Å². The summed E-state index contributed by atoms with van der Waals surface area (Å²) in [4.78, 5) is 11.3. The summed E-state index contributed by atoms with van der Waals surface area (Å²) in [6.45, 7) is 0. The van der Waals surface area contributed by atoms with Crippen LogP contribution in [-0.4, -0.2) is 48.3 Å². The standard InChI is InChI=1S/C16H16O4.Li.H/c1-20-16(14(17)15(18)19,12-8-4-2-5-9-12)13-10-6-3-7-11-13;;/h2-11,14,17H,1H3,(H,18,19);;. The molecular formula is C16H17LiO4. The fourth-order valence-corrected chi connectivity index (χ4v) is 2.38. The summed E-state index contributed by atoms with van der Waals surface area (Å²) in [6, 6.07) is 17.7. The summed E-state index contributed by atoms with van der Waals surface area (Å²) < 4.78 is 5.50. The molecule has 1 unspecified atom stereocenters. The normalized spacial score (nSPS) is 12.3. The number of methoxy groups -OCH3 is 1. The molecule has 0 radical (unpaired) electrons. The van der Waals surface area contributed by atoms with Crippen LogP contribution in [0.15, 0.2) is 60.7 Å². The first-order chi connectivity index (χ1) is 9.63. The predicted molar refractivity (Wildman–Crippen MR) is 81.5 cm³/mol. The quantitative estimate of drug-likeness (QED) is 0.812. The Morgan fingerprint density at radius 3 is 1.67 bits per heavy atom. The van der Waals surface area contributed by atoms with E-state index in [4.69, 9.17) is 4.74 Å². The van der Waals surface area contributed by atoms with Crippen molar-refractivity contribution in [2.45, 2.75) is 11.7 Å². The number of carboxylic acid groups (broad SMARTS) is 1. The summed E-state index contributed by atoms with van der Waals surface area (Å²) in [5.41, 5.74) is -0.263. The molecule has 0 saturated carbocycles. The molecular weight excluding hydrogens is 263 g/mol. The first kappa shape index (κ1) is 17.5. The number of benzene rings is 2. The Hall–Kier alpha value is -1.57. The van der Waals surface area contributed by atoms with Crippen molar-refractivity contribution < 1.29 is 19.7 Å². The summed E-state index contributed by atoms with van der Waals surface area (Å²) in [5.74, 6) is -1.33. The molecule has 4 nitrogen and oxygen atoms in total. The van der Waals surface area contributed by atoms with E-state index in [1.807, 2.05) is 12.1 Å². The fourth-order valence-electron chi connectivity index (χ4n) is 2.38. The summed E-state index contributed by atoms with van der Waals surface area (Å²) in [6.07, 6.45) is -1.71. The minimum absolute atomic E-state index is 0. The van der Waals surface area contributed by atoms with Crippen LogP contribution >= 0.6 is 0 Å². The Kier molecular flexibility index (Phi) is 6.19. The van der Waals surface area contributed by atoms with Gasteiger partial charge >= 0.3 is 24.8 Å². The van der Waals surface area contributed by atoms with E-state index in [9.17, 15) is 15.0 Å². The maximum atomic E-state index is 11.3. The van der Waals surface area contributed by atoms with E-state index in [0.717, 1.165) is 0 Å². The molecule has 106 valence electrons. The van der Waals surface area contributed by atoms with Crippen LogP contribution in [0.25, 0.3) is 0 Å². The number of aliphatic carboxylic acids is 1. The number of aliphatic hydroxyl groups is 1. The van der Waals surface area contributed by atoms with E-state index in [0.29, 0.717) is 11.1 Å². The first-order valence-corrected chi connectivity index (χ1v) is 6.20. The van der Waals surface area contributed by atoms with Gasteiger partial charge in [-0.25, -0.2) is 4.79 Å².